The zero-order valence-corrected chi connectivity index (χ0v) is 47.7. The topological polar surface area (TPSA) is 95.9 Å². The highest BCUT2D eigenvalue weighted by Gasteiger charge is 2.20. The number of rotatable bonds is 59. The molecule has 0 aliphatic rings. The fourth-order valence-electron chi connectivity index (χ4n) is 9.77. The van der Waals surface area contributed by atoms with Crippen molar-refractivity contribution < 1.29 is 24.5 Å². The second kappa shape index (κ2) is 60.6. The monoisotopic (exact) mass is 998 g/mol. The standard InChI is InChI=1S/C65H123NO5/c1-3-5-7-9-11-13-15-16-17-18-19-25-28-31-34-38-41-45-49-53-57-63(68)62(61-67)66-64(69)58-54-50-46-42-39-35-32-29-26-23-21-20-22-24-27-30-33-36-40-44-48-52-56-60-71-65(70)59-55-51-47-43-37-14-12-10-8-6-4-2/h10,12,20,22-23,26,62-63,67-68H,3-9,11,13-19,21,24-25,27-61H2,1-2H3,(H,66,69)/b12-10-,22-20-,26-23-. The SMILES string of the molecule is CCCC/C=C\CCCCCCCC(=O)OCCCCCCCCCCC/C=C\C/C=C\CCCCCCCCCC(=O)NC(CO)C(O)CCCCCCCCCCCCCCCCCCCCCC. The van der Waals surface area contributed by atoms with Crippen LogP contribution in [0.15, 0.2) is 36.5 Å². The fourth-order valence-corrected chi connectivity index (χ4v) is 9.77. The summed E-state index contributed by atoms with van der Waals surface area (Å²) in [6.07, 6.45) is 75.9. The molecule has 0 radical (unpaired) electrons. The minimum Gasteiger partial charge on any atom is -0.466 e. The lowest BCUT2D eigenvalue weighted by molar-refractivity contribution is -0.143. The van der Waals surface area contributed by atoms with Crippen molar-refractivity contribution in [3.63, 3.8) is 0 Å². The van der Waals surface area contributed by atoms with E-state index in [1.165, 1.54) is 250 Å². The largest absolute Gasteiger partial charge is 0.466 e. The van der Waals surface area contributed by atoms with Gasteiger partial charge in [0.05, 0.1) is 25.4 Å². The first kappa shape index (κ1) is 69.1. The molecule has 0 aromatic carbocycles. The number of hydrogen-bond donors (Lipinski definition) is 3. The number of aliphatic hydroxyl groups excluding tert-OH is 2. The van der Waals surface area contributed by atoms with Crippen LogP contribution in [-0.2, 0) is 14.3 Å². The Morgan fingerprint density at radius 3 is 1.13 bits per heavy atom. The molecule has 418 valence electrons. The molecule has 0 rings (SSSR count). The molecule has 2 unspecified atom stereocenters. The van der Waals surface area contributed by atoms with E-state index in [0.29, 0.717) is 25.9 Å². The third-order valence-corrected chi connectivity index (χ3v) is 14.7. The van der Waals surface area contributed by atoms with Gasteiger partial charge >= 0.3 is 5.97 Å². The molecule has 0 aromatic rings. The quantitative estimate of drug-likeness (QED) is 0.0321. The minimum atomic E-state index is -0.672. The molecule has 6 nitrogen and oxygen atoms in total. The van der Waals surface area contributed by atoms with E-state index < -0.39 is 12.1 Å². The lowest BCUT2D eigenvalue weighted by Crippen LogP contribution is -2.45. The van der Waals surface area contributed by atoms with Gasteiger partial charge in [-0.25, -0.2) is 0 Å². The molecule has 0 aliphatic heterocycles. The second-order valence-electron chi connectivity index (χ2n) is 21.7. The third-order valence-electron chi connectivity index (χ3n) is 14.7. The average molecular weight is 999 g/mol. The first-order valence-electron chi connectivity index (χ1n) is 31.7. The van der Waals surface area contributed by atoms with Crippen LogP contribution in [0.5, 0.6) is 0 Å². The van der Waals surface area contributed by atoms with Crippen molar-refractivity contribution in [1.82, 2.24) is 5.32 Å². The number of carbonyl (C=O) groups excluding carboxylic acids is 2. The van der Waals surface area contributed by atoms with Gasteiger partial charge in [0.15, 0.2) is 0 Å². The van der Waals surface area contributed by atoms with Crippen LogP contribution in [0, 0.1) is 0 Å². The summed E-state index contributed by atoms with van der Waals surface area (Å²) in [5.74, 6) is -0.0467. The molecule has 3 N–H and O–H groups in total. The van der Waals surface area contributed by atoms with Crippen molar-refractivity contribution in [2.45, 2.75) is 353 Å². The maximum Gasteiger partial charge on any atom is 0.305 e. The Labute approximate surface area is 443 Å². The van der Waals surface area contributed by atoms with E-state index >= 15 is 0 Å². The Balaban J connectivity index is 3.46. The van der Waals surface area contributed by atoms with E-state index in [2.05, 4.69) is 55.6 Å². The number of nitrogens with one attached hydrogen (secondary N) is 1. The van der Waals surface area contributed by atoms with Gasteiger partial charge in [-0.05, 0) is 77.0 Å². The fraction of sp³-hybridized carbons (Fsp3) is 0.877. The van der Waals surface area contributed by atoms with E-state index in [9.17, 15) is 19.8 Å². The summed E-state index contributed by atoms with van der Waals surface area (Å²) in [5, 5.41) is 23.4. The van der Waals surface area contributed by atoms with Crippen LogP contribution < -0.4 is 5.32 Å². The highest BCUT2D eigenvalue weighted by atomic mass is 16.5. The van der Waals surface area contributed by atoms with Gasteiger partial charge in [0.25, 0.3) is 0 Å². The lowest BCUT2D eigenvalue weighted by atomic mass is 10.0. The predicted octanol–water partition coefficient (Wildman–Crippen LogP) is 20.0. The highest BCUT2D eigenvalue weighted by Crippen LogP contribution is 2.18. The Kier molecular flexibility index (Phi) is 59.0. The molecule has 2 atom stereocenters. The molecule has 0 aromatic heterocycles. The van der Waals surface area contributed by atoms with Crippen molar-refractivity contribution in [2.24, 2.45) is 0 Å². The molecular weight excluding hydrogens is 875 g/mol. The van der Waals surface area contributed by atoms with Crippen molar-refractivity contribution in [3.8, 4) is 0 Å². The Morgan fingerprint density at radius 1 is 0.394 bits per heavy atom. The van der Waals surface area contributed by atoms with Gasteiger partial charge in [0.2, 0.25) is 5.91 Å². The number of hydrogen-bond acceptors (Lipinski definition) is 5. The smallest absolute Gasteiger partial charge is 0.305 e. The number of ether oxygens (including phenoxy) is 1. The van der Waals surface area contributed by atoms with Crippen LogP contribution in [-0.4, -0.2) is 47.4 Å². The molecular formula is C65H123NO5. The second-order valence-corrected chi connectivity index (χ2v) is 21.7. The van der Waals surface area contributed by atoms with Gasteiger partial charge in [-0.2, -0.15) is 0 Å². The zero-order valence-electron chi connectivity index (χ0n) is 47.7. The molecule has 0 fully saturated rings. The first-order chi connectivity index (χ1) is 35.0. The van der Waals surface area contributed by atoms with Gasteiger partial charge in [0, 0.05) is 12.8 Å². The van der Waals surface area contributed by atoms with Crippen molar-refractivity contribution in [2.75, 3.05) is 13.2 Å². The number of aliphatic hydroxyl groups is 2. The van der Waals surface area contributed by atoms with Crippen LogP contribution in [0.2, 0.25) is 0 Å². The molecule has 6 heteroatoms. The summed E-state index contributed by atoms with van der Waals surface area (Å²) in [6.45, 7) is 4.92. The number of unbranched alkanes of at least 4 members (excludes halogenated alkanes) is 42. The number of esters is 1. The maximum atomic E-state index is 12.5. The average Bonchev–Trinajstić information content (AvgIpc) is 3.37. The summed E-state index contributed by atoms with van der Waals surface area (Å²) >= 11 is 0. The van der Waals surface area contributed by atoms with E-state index in [4.69, 9.17) is 4.74 Å². The van der Waals surface area contributed by atoms with Crippen LogP contribution in [0.3, 0.4) is 0 Å². The molecule has 0 heterocycles. The normalized spacial score (nSPS) is 12.8. The van der Waals surface area contributed by atoms with Crippen molar-refractivity contribution >= 4 is 11.9 Å². The summed E-state index contributed by atoms with van der Waals surface area (Å²) in [5.41, 5.74) is 0. The summed E-state index contributed by atoms with van der Waals surface area (Å²) < 4.78 is 5.45. The Morgan fingerprint density at radius 2 is 0.718 bits per heavy atom. The molecule has 0 spiro atoms. The number of carbonyl (C=O) groups is 2. The summed E-state index contributed by atoms with van der Waals surface area (Å²) in [7, 11) is 0. The molecule has 0 saturated carbocycles. The van der Waals surface area contributed by atoms with E-state index in [-0.39, 0.29) is 18.5 Å². The summed E-state index contributed by atoms with van der Waals surface area (Å²) in [6, 6.07) is -0.550. The lowest BCUT2D eigenvalue weighted by Gasteiger charge is -2.22. The highest BCUT2D eigenvalue weighted by molar-refractivity contribution is 5.76. The van der Waals surface area contributed by atoms with E-state index in [1.807, 2.05) is 0 Å². The van der Waals surface area contributed by atoms with Gasteiger partial charge in [-0.15, -0.1) is 0 Å². The van der Waals surface area contributed by atoms with Gasteiger partial charge in [0.1, 0.15) is 0 Å². The minimum absolute atomic E-state index is 0.00392. The van der Waals surface area contributed by atoms with Crippen LogP contribution in [0.1, 0.15) is 341 Å². The maximum absolute atomic E-state index is 12.5. The zero-order chi connectivity index (χ0) is 51.4. The number of amides is 1. The Hall–Kier alpha value is -1.92. The molecule has 71 heavy (non-hydrogen) atoms. The van der Waals surface area contributed by atoms with Gasteiger partial charge in [-0.3, -0.25) is 9.59 Å². The summed E-state index contributed by atoms with van der Waals surface area (Å²) in [4.78, 5) is 24.5. The first-order valence-corrected chi connectivity index (χ1v) is 31.7. The third kappa shape index (κ3) is 57.2. The Bertz CT molecular complexity index is 1150. The van der Waals surface area contributed by atoms with E-state index in [1.54, 1.807) is 0 Å². The predicted molar refractivity (Wildman–Crippen MR) is 310 cm³/mol. The molecule has 0 aliphatic carbocycles. The van der Waals surface area contributed by atoms with Crippen molar-refractivity contribution in [3.05, 3.63) is 36.5 Å². The van der Waals surface area contributed by atoms with Crippen molar-refractivity contribution in [1.29, 1.82) is 0 Å². The molecule has 0 bridgehead atoms. The van der Waals surface area contributed by atoms with Gasteiger partial charge < -0.3 is 20.3 Å². The van der Waals surface area contributed by atoms with E-state index in [0.717, 1.165) is 57.8 Å². The molecule has 0 saturated heterocycles. The van der Waals surface area contributed by atoms with Crippen LogP contribution in [0.4, 0.5) is 0 Å². The number of allylic oxidation sites excluding steroid dienone is 6. The molecule has 1 amide bonds. The van der Waals surface area contributed by atoms with Gasteiger partial charge in [-0.1, -0.05) is 288 Å². The van der Waals surface area contributed by atoms with Crippen LogP contribution >= 0.6 is 0 Å². The van der Waals surface area contributed by atoms with Crippen LogP contribution in [0.25, 0.3) is 0 Å².